The van der Waals surface area contributed by atoms with Crippen LogP contribution in [0.3, 0.4) is 0 Å². The Labute approximate surface area is 73.8 Å². The zero-order valence-corrected chi connectivity index (χ0v) is 7.06. The molecule has 1 N–H and O–H groups in total. The van der Waals surface area contributed by atoms with Gasteiger partial charge in [0, 0.05) is 12.4 Å². The fraction of sp³-hybridized carbons (Fsp3) is 0. The largest absolute Gasteiger partial charge is 0.521 e. The highest BCUT2D eigenvalue weighted by Gasteiger charge is 2.22. The lowest BCUT2D eigenvalue weighted by molar-refractivity contribution is -0.304. The molecule has 0 bridgehead atoms. The van der Waals surface area contributed by atoms with Gasteiger partial charge >= 0.3 is 10.2 Å². The van der Waals surface area contributed by atoms with E-state index in [2.05, 4.69) is 4.98 Å². The van der Waals surface area contributed by atoms with Crippen molar-refractivity contribution in [3.05, 3.63) is 34.6 Å². The van der Waals surface area contributed by atoms with Gasteiger partial charge in [0.2, 0.25) is 0 Å². The van der Waals surface area contributed by atoms with E-state index in [9.17, 15) is 18.5 Å². The lowest BCUT2D eigenvalue weighted by Crippen LogP contribution is -2.21. The molecule has 0 atom stereocenters. The molecule has 0 fully saturated rings. The number of hydrogen-bond donors (Lipinski definition) is 1. The number of anilines is 1. The Balaban J connectivity index is 2.88. The van der Waals surface area contributed by atoms with E-state index < -0.39 is 14.5 Å². The fourth-order valence-electron chi connectivity index (χ4n) is 0.606. The molecule has 70 valence electrons. The summed E-state index contributed by atoms with van der Waals surface area (Å²) in [5.41, 5.74) is 0.103. The highest BCUT2D eigenvalue weighted by molar-refractivity contribution is 7.86. The van der Waals surface area contributed by atoms with Crippen LogP contribution in [0.4, 0.5) is 5.69 Å². The van der Waals surface area contributed by atoms with E-state index in [1.165, 1.54) is 24.5 Å². The van der Waals surface area contributed by atoms with E-state index in [1.54, 1.807) is 4.72 Å². The van der Waals surface area contributed by atoms with Crippen molar-refractivity contribution in [3.63, 3.8) is 0 Å². The second-order valence-electron chi connectivity index (χ2n) is 2.04. The average molecular weight is 203 g/mol. The summed E-state index contributed by atoms with van der Waals surface area (Å²) in [5, 5.41) is 9.96. The first kappa shape index (κ1) is 9.39. The molecule has 0 aliphatic heterocycles. The van der Waals surface area contributed by atoms with Gasteiger partial charge in [0.25, 0.3) is 0 Å². The Morgan fingerprint density at radius 2 is 1.92 bits per heavy atom. The number of hydrogen-bond acceptors (Lipinski definition) is 5. The topological polar surface area (TPSA) is 102 Å². The van der Waals surface area contributed by atoms with Gasteiger partial charge in [-0.15, -0.1) is 8.42 Å². The zero-order chi connectivity index (χ0) is 9.90. The van der Waals surface area contributed by atoms with Crippen molar-refractivity contribution in [2.24, 2.45) is 0 Å². The van der Waals surface area contributed by atoms with Crippen LogP contribution in [0.2, 0.25) is 0 Å². The van der Waals surface area contributed by atoms with Crippen LogP contribution >= 0.6 is 0 Å². The van der Waals surface area contributed by atoms with Crippen molar-refractivity contribution in [1.29, 1.82) is 0 Å². The maximum Gasteiger partial charge on any atom is 0.521 e. The third-order valence-electron chi connectivity index (χ3n) is 1.12. The number of aromatic nitrogens is 1. The lowest BCUT2D eigenvalue weighted by atomic mass is 10.4. The summed E-state index contributed by atoms with van der Waals surface area (Å²) < 4.78 is 21.7. The molecule has 0 saturated heterocycles. The minimum absolute atomic E-state index is 0.103. The van der Waals surface area contributed by atoms with Crippen molar-refractivity contribution >= 4 is 15.9 Å². The monoisotopic (exact) mass is 203 g/mol. The van der Waals surface area contributed by atoms with Crippen LogP contribution in [-0.2, 0) is 10.2 Å². The van der Waals surface area contributed by atoms with E-state index in [4.69, 9.17) is 0 Å². The van der Waals surface area contributed by atoms with Gasteiger partial charge in [-0.05, 0) is 12.1 Å². The van der Waals surface area contributed by atoms with Crippen LogP contribution in [0.5, 0.6) is 0 Å². The van der Waals surface area contributed by atoms with Gasteiger partial charge in [-0.1, -0.05) is 0 Å². The van der Waals surface area contributed by atoms with Gasteiger partial charge in [-0.25, -0.2) is 14.8 Å². The van der Waals surface area contributed by atoms with E-state index >= 15 is 0 Å². The number of pyridine rings is 1. The van der Waals surface area contributed by atoms with Crippen molar-refractivity contribution in [3.8, 4) is 0 Å². The lowest BCUT2D eigenvalue weighted by Gasteiger charge is -1.98. The van der Waals surface area contributed by atoms with E-state index in [0.29, 0.717) is 0 Å². The van der Waals surface area contributed by atoms with Crippen LogP contribution in [0.1, 0.15) is 0 Å². The Morgan fingerprint density at radius 3 is 2.38 bits per heavy atom. The van der Waals surface area contributed by atoms with Crippen LogP contribution in [0, 0.1) is 10.1 Å². The van der Waals surface area contributed by atoms with Crippen LogP contribution in [-0.4, -0.2) is 17.7 Å². The SMILES string of the molecule is O=[N+]([O-])S(=O)(=O)Nc1ccncc1. The maximum atomic E-state index is 10.7. The summed E-state index contributed by atoms with van der Waals surface area (Å²) in [6, 6.07) is 2.61. The third-order valence-corrected chi connectivity index (χ3v) is 2.01. The molecule has 13 heavy (non-hydrogen) atoms. The first-order chi connectivity index (χ1) is 6.02. The zero-order valence-electron chi connectivity index (χ0n) is 6.25. The van der Waals surface area contributed by atoms with Crippen molar-refractivity contribution in [1.82, 2.24) is 4.98 Å². The Kier molecular flexibility index (Phi) is 2.42. The standard InChI is InChI=1S/C5H5N3O4S/c9-8(10)13(11,12)7-5-1-3-6-4-2-5/h1-4H,(H,6,7). The van der Waals surface area contributed by atoms with Crippen molar-refractivity contribution in [2.45, 2.75) is 0 Å². The van der Waals surface area contributed by atoms with Gasteiger partial charge in [0.1, 0.15) is 0 Å². The molecular formula is C5H5N3O4S. The summed E-state index contributed by atoms with van der Waals surface area (Å²) in [4.78, 5) is 13.6. The summed E-state index contributed by atoms with van der Waals surface area (Å²) in [6.07, 6.45) is 2.63. The number of nitrogens with one attached hydrogen (secondary N) is 1. The highest BCUT2D eigenvalue weighted by atomic mass is 32.2. The second kappa shape index (κ2) is 3.35. The first-order valence-electron chi connectivity index (χ1n) is 3.10. The maximum absolute atomic E-state index is 10.7. The quantitative estimate of drug-likeness (QED) is 0.550. The normalized spacial score (nSPS) is 10.8. The molecule has 7 nitrogen and oxygen atoms in total. The molecule has 1 heterocycles. The second-order valence-corrected chi connectivity index (χ2v) is 3.49. The molecule has 1 aromatic heterocycles. The Hall–Kier alpha value is -1.70. The molecule has 8 heteroatoms. The average Bonchev–Trinajstić information content (AvgIpc) is 2.05. The molecule has 0 spiro atoms. The molecule has 0 aliphatic carbocycles. The minimum Gasteiger partial charge on any atom is -0.265 e. The number of nitrogens with zero attached hydrogens (tertiary/aromatic N) is 2. The predicted octanol–water partition coefficient (Wildman–Crippen LogP) is 0.0150. The summed E-state index contributed by atoms with van der Waals surface area (Å²) in [6.45, 7) is 0. The molecule has 0 aromatic carbocycles. The van der Waals surface area contributed by atoms with Gasteiger partial charge in [0.05, 0.1) is 5.69 Å². The van der Waals surface area contributed by atoms with Gasteiger partial charge in [-0.2, -0.15) is 0 Å². The summed E-state index contributed by atoms with van der Waals surface area (Å²) in [7, 11) is -4.51. The van der Waals surface area contributed by atoms with Crippen molar-refractivity contribution < 1.29 is 12.7 Å². The van der Waals surface area contributed by atoms with Crippen LogP contribution in [0.15, 0.2) is 24.5 Å². The number of rotatable bonds is 3. The third kappa shape index (κ3) is 2.37. The Bertz CT molecular complexity index is 401. The van der Waals surface area contributed by atoms with E-state index in [1.807, 2.05) is 0 Å². The predicted molar refractivity (Wildman–Crippen MR) is 43.8 cm³/mol. The molecule has 1 rings (SSSR count). The Morgan fingerprint density at radius 1 is 1.38 bits per heavy atom. The smallest absolute Gasteiger partial charge is 0.265 e. The fourth-order valence-corrected chi connectivity index (χ4v) is 1.11. The molecule has 0 amide bonds. The van der Waals surface area contributed by atoms with Crippen LogP contribution < -0.4 is 4.72 Å². The summed E-state index contributed by atoms with van der Waals surface area (Å²) >= 11 is 0. The van der Waals surface area contributed by atoms with E-state index in [-0.39, 0.29) is 5.69 Å². The van der Waals surface area contributed by atoms with Crippen molar-refractivity contribution in [2.75, 3.05) is 4.72 Å². The molecule has 0 radical (unpaired) electrons. The van der Waals surface area contributed by atoms with E-state index in [0.717, 1.165) is 0 Å². The number of nitro groups is 1. The first-order valence-corrected chi connectivity index (χ1v) is 4.54. The van der Waals surface area contributed by atoms with Crippen LogP contribution in [0.25, 0.3) is 0 Å². The molecular weight excluding hydrogens is 198 g/mol. The van der Waals surface area contributed by atoms with Gasteiger partial charge in [0.15, 0.2) is 4.33 Å². The highest BCUT2D eigenvalue weighted by Crippen LogP contribution is 2.06. The van der Waals surface area contributed by atoms with Gasteiger partial charge in [-0.3, -0.25) is 4.98 Å². The van der Waals surface area contributed by atoms with Gasteiger partial charge < -0.3 is 0 Å². The summed E-state index contributed by atoms with van der Waals surface area (Å²) in [5.74, 6) is 0. The molecule has 0 saturated carbocycles. The molecule has 0 aliphatic rings. The molecule has 1 aromatic rings. The minimum atomic E-state index is -4.51. The molecule has 0 unspecified atom stereocenters.